The monoisotopic (exact) mass is 431 g/mol. The highest BCUT2D eigenvalue weighted by atomic mass is 19.1. The first kappa shape index (κ1) is 21.6. The third-order valence-electron chi connectivity index (χ3n) is 5.90. The predicted molar refractivity (Wildman–Crippen MR) is 124 cm³/mol. The molecule has 0 bridgehead atoms. The SMILES string of the molecule is CNC(=O)C(c1ccccc1C)N(C(=O)CN1CCc2ccccc21)c1cccc(F)c1. The molecule has 1 N–H and O–H groups in total. The third-order valence-corrected chi connectivity index (χ3v) is 5.90. The molecule has 1 unspecified atom stereocenters. The quantitative estimate of drug-likeness (QED) is 0.642. The maximum absolute atomic E-state index is 14.2. The molecule has 2 amide bonds. The number of hydrogen-bond donors (Lipinski definition) is 1. The van der Waals surface area contributed by atoms with Crippen molar-refractivity contribution < 1.29 is 14.0 Å². The highest BCUT2D eigenvalue weighted by molar-refractivity contribution is 6.03. The van der Waals surface area contributed by atoms with Crippen molar-refractivity contribution in [1.82, 2.24) is 5.32 Å². The van der Waals surface area contributed by atoms with Crippen molar-refractivity contribution in [3.63, 3.8) is 0 Å². The first-order valence-corrected chi connectivity index (χ1v) is 10.7. The Morgan fingerprint density at radius 3 is 2.56 bits per heavy atom. The number of nitrogens with zero attached hydrogens (tertiary/aromatic N) is 2. The number of rotatable bonds is 6. The average molecular weight is 432 g/mol. The number of carbonyl (C=O) groups excluding carboxylic acids is 2. The summed E-state index contributed by atoms with van der Waals surface area (Å²) in [6.07, 6.45) is 0.861. The lowest BCUT2D eigenvalue weighted by Gasteiger charge is -2.33. The molecule has 0 spiro atoms. The van der Waals surface area contributed by atoms with Gasteiger partial charge in [0.2, 0.25) is 11.8 Å². The number of para-hydroxylation sites is 1. The first-order valence-electron chi connectivity index (χ1n) is 10.7. The van der Waals surface area contributed by atoms with Crippen molar-refractivity contribution in [2.45, 2.75) is 19.4 Å². The number of hydrogen-bond acceptors (Lipinski definition) is 3. The van der Waals surface area contributed by atoms with E-state index in [-0.39, 0.29) is 18.4 Å². The molecule has 6 heteroatoms. The molecule has 1 heterocycles. The standard InChI is InChI=1S/C26H26FN3O2/c1-18-8-3-5-12-22(18)25(26(32)28-2)30(21-11-7-10-20(27)16-21)24(31)17-29-15-14-19-9-4-6-13-23(19)29/h3-13,16,25H,14-15,17H2,1-2H3,(H,28,32). The van der Waals surface area contributed by atoms with Gasteiger partial charge in [-0.15, -0.1) is 0 Å². The molecule has 32 heavy (non-hydrogen) atoms. The van der Waals surface area contributed by atoms with Gasteiger partial charge in [-0.1, -0.05) is 48.5 Å². The van der Waals surface area contributed by atoms with E-state index in [1.54, 1.807) is 19.2 Å². The maximum atomic E-state index is 14.2. The van der Waals surface area contributed by atoms with Gasteiger partial charge in [0.15, 0.2) is 0 Å². The number of aryl methyl sites for hydroxylation is 1. The predicted octanol–water partition coefficient (Wildman–Crippen LogP) is 4.02. The molecule has 0 aliphatic carbocycles. The van der Waals surface area contributed by atoms with Gasteiger partial charge in [-0.25, -0.2) is 4.39 Å². The fraction of sp³-hybridized carbons (Fsp3) is 0.231. The van der Waals surface area contributed by atoms with E-state index in [1.165, 1.54) is 22.6 Å². The summed E-state index contributed by atoms with van der Waals surface area (Å²) < 4.78 is 14.2. The fourth-order valence-electron chi connectivity index (χ4n) is 4.30. The molecule has 0 radical (unpaired) electrons. The second-order valence-electron chi connectivity index (χ2n) is 7.92. The van der Waals surface area contributed by atoms with Crippen molar-refractivity contribution in [2.75, 3.05) is 29.9 Å². The van der Waals surface area contributed by atoms with Gasteiger partial charge in [-0.2, -0.15) is 0 Å². The van der Waals surface area contributed by atoms with E-state index < -0.39 is 11.9 Å². The zero-order valence-electron chi connectivity index (χ0n) is 18.2. The number of benzene rings is 3. The van der Waals surface area contributed by atoms with Crippen LogP contribution in [0.25, 0.3) is 0 Å². The number of carbonyl (C=O) groups is 2. The van der Waals surface area contributed by atoms with Crippen LogP contribution in [-0.2, 0) is 16.0 Å². The normalized spacial score (nSPS) is 13.4. The number of halogens is 1. The van der Waals surface area contributed by atoms with Crippen LogP contribution in [0.4, 0.5) is 15.8 Å². The van der Waals surface area contributed by atoms with Crippen LogP contribution < -0.4 is 15.1 Å². The minimum Gasteiger partial charge on any atom is -0.362 e. The Morgan fingerprint density at radius 1 is 1.06 bits per heavy atom. The van der Waals surface area contributed by atoms with Crippen LogP contribution in [-0.4, -0.2) is 32.0 Å². The molecule has 0 saturated heterocycles. The van der Waals surface area contributed by atoms with E-state index in [1.807, 2.05) is 54.3 Å². The van der Waals surface area contributed by atoms with Crippen LogP contribution in [0, 0.1) is 12.7 Å². The number of fused-ring (bicyclic) bond motifs is 1. The van der Waals surface area contributed by atoms with Crippen LogP contribution in [0.3, 0.4) is 0 Å². The minimum atomic E-state index is -0.923. The Hall–Kier alpha value is -3.67. The Labute approximate surface area is 187 Å². The Bertz CT molecular complexity index is 1150. The summed E-state index contributed by atoms with van der Waals surface area (Å²) in [7, 11) is 1.54. The summed E-state index contributed by atoms with van der Waals surface area (Å²) in [5.74, 6) is -1.07. The van der Waals surface area contributed by atoms with Gasteiger partial charge in [-0.3, -0.25) is 14.5 Å². The summed E-state index contributed by atoms with van der Waals surface area (Å²) in [5.41, 5.74) is 4.14. The molecular weight excluding hydrogens is 405 g/mol. The van der Waals surface area contributed by atoms with Crippen LogP contribution in [0.5, 0.6) is 0 Å². The lowest BCUT2D eigenvalue weighted by molar-refractivity contribution is -0.125. The lowest BCUT2D eigenvalue weighted by atomic mass is 9.98. The van der Waals surface area contributed by atoms with Crippen LogP contribution in [0.1, 0.15) is 22.7 Å². The number of likely N-dealkylation sites (N-methyl/N-ethyl adjacent to an activating group) is 1. The van der Waals surface area contributed by atoms with E-state index in [0.717, 1.165) is 24.2 Å². The molecule has 1 aliphatic rings. The zero-order valence-corrected chi connectivity index (χ0v) is 18.2. The molecule has 3 aromatic rings. The number of nitrogens with one attached hydrogen (secondary N) is 1. The summed E-state index contributed by atoms with van der Waals surface area (Å²) in [5, 5.41) is 2.68. The van der Waals surface area contributed by atoms with Gasteiger partial charge in [0.25, 0.3) is 0 Å². The van der Waals surface area contributed by atoms with Gasteiger partial charge in [-0.05, 0) is 54.3 Å². The molecule has 0 saturated carbocycles. The molecule has 5 nitrogen and oxygen atoms in total. The zero-order chi connectivity index (χ0) is 22.7. The molecule has 0 aromatic heterocycles. The smallest absolute Gasteiger partial charge is 0.247 e. The Balaban J connectivity index is 1.77. The second-order valence-corrected chi connectivity index (χ2v) is 7.92. The Morgan fingerprint density at radius 2 is 1.81 bits per heavy atom. The van der Waals surface area contributed by atoms with E-state index in [9.17, 15) is 14.0 Å². The van der Waals surface area contributed by atoms with E-state index in [4.69, 9.17) is 0 Å². The number of amides is 2. The molecule has 4 rings (SSSR count). The van der Waals surface area contributed by atoms with Crippen LogP contribution in [0.15, 0.2) is 72.8 Å². The van der Waals surface area contributed by atoms with Crippen molar-refractivity contribution in [3.05, 3.63) is 95.3 Å². The molecule has 1 atom stereocenters. The average Bonchev–Trinajstić information content (AvgIpc) is 3.20. The van der Waals surface area contributed by atoms with E-state index in [0.29, 0.717) is 11.3 Å². The molecule has 0 fully saturated rings. The minimum absolute atomic E-state index is 0.0902. The molecular formula is C26H26FN3O2. The van der Waals surface area contributed by atoms with Crippen molar-refractivity contribution in [1.29, 1.82) is 0 Å². The first-order chi connectivity index (χ1) is 15.5. The van der Waals surface area contributed by atoms with Gasteiger partial charge in [0.05, 0.1) is 6.54 Å². The van der Waals surface area contributed by atoms with Gasteiger partial charge < -0.3 is 10.2 Å². The summed E-state index contributed by atoms with van der Waals surface area (Å²) >= 11 is 0. The summed E-state index contributed by atoms with van der Waals surface area (Å²) in [6.45, 7) is 2.71. The van der Waals surface area contributed by atoms with Gasteiger partial charge in [0.1, 0.15) is 11.9 Å². The van der Waals surface area contributed by atoms with Gasteiger partial charge in [0, 0.05) is 25.0 Å². The van der Waals surface area contributed by atoms with Crippen LogP contribution >= 0.6 is 0 Å². The topological polar surface area (TPSA) is 52.7 Å². The van der Waals surface area contributed by atoms with E-state index in [2.05, 4.69) is 11.4 Å². The van der Waals surface area contributed by atoms with Crippen LogP contribution in [0.2, 0.25) is 0 Å². The maximum Gasteiger partial charge on any atom is 0.247 e. The van der Waals surface area contributed by atoms with Crippen molar-refractivity contribution >= 4 is 23.2 Å². The fourth-order valence-corrected chi connectivity index (χ4v) is 4.30. The second kappa shape index (κ2) is 9.22. The molecule has 1 aliphatic heterocycles. The van der Waals surface area contributed by atoms with Gasteiger partial charge >= 0.3 is 0 Å². The van der Waals surface area contributed by atoms with E-state index >= 15 is 0 Å². The van der Waals surface area contributed by atoms with Crippen molar-refractivity contribution in [3.8, 4) is 0 Å². The third kappa shape index (κ3) is 4.21. The highest BCUT2D eigenvalue weighted by Crippen LogP contribution is 2.32. The lowest BCUT2D eigenvalue weighted by Crippen LogP contribution is -2.47. The Kier molecular flexibility index (Phi) is 6.21. The highest BCUT2D eigenvalue weighted by Gasteiger charge is 2.34. The number of anilines is 2. The summed E-state index contributed by atoms with van der Waals surface area (Å²) in [4.78, 5) is 30.3. The largest absolute Gasteiger partial charge is 0.362 e. The van der Waals surface area contributed by atoms with Crippen molar-refractivity contribution in [2.24, 2.45) is 0 Å². The molecule has 164 valence electrons. The summed E-state index contributed by atoms with van der Waals surface area (Å²) in [6, 6.07) is 20.4. The molecule has 3 aromatic carbocycles.